The highest BCUT2D eigenvalue weighted by Gasteiger charge is 2.28. The van der Waals surface area contributed by atoms with Crippen molar-refractivity contribution in [1.29, 1.82) is 5.26 Å². The quantitative estimate of drug-likeness (QED) is 0.203. The first-order chi connectivity index (χ1) is 21.1. The van der Waals surface area contributed by atoms with Crippen molar-refractivity contribution in [2.75, 3.05) is 0 Å². The minimum absolute atomic E-state index is 0.0816. The number of hydrogen-bond donors (Lipinski definition) is 0. The van der Waals surface area contributed by atoms with Crippen LogP contribution in [-0.4, -0.2) is 4.40 Å². The molecule has 2 heterocycles. The van der Waals surface area contributed by atoms with Crippen LogP contribution in [0.1, 0.15) is 23.6 Å². The molecule has 43 heavy (non-hydrogen) atoms. The Kier molecular flexibility index (Phi) is 6.78. The SMILES string of the molecule is [C-]#[N+]c1c([N+]#[C-])c(C#N)c2c(c(/C=c3/cccc/c3=C/C)c(C)c3c(-c4ccccc4)cc(-c4ccccc4)n32)c1[N+]#[C-]. The molecule has 0 aliphatic rings. The molecule has 6 aromatic rings. The van der Waals surface area contributed by atoms with Crippen LogP contribution in [-0.2, 0) is 0 Å². The molecular weight excluding hydrogens is 526 g/mol. The first-order valence-corrected chi connectivity index (χ1v) is 13.7. The minimum Gasteiger partial charge on any atom is -0.310 e. The normalized spacial score (nSPS) is 11.7. The Labute approximate surface area is 249 Å². The van der Waals surface area contributed by atoms with Gasteiger partial charge in [0, 0.05) is 11.1 Å². The zero-order valence-corrected chi connectivity index (χ0v) is 23.6. The van der Waals surface area contributed by atoms with E-state index < -0.39 is 0 Å². The third-order valence-corrected chi connectivity index (χ3v) is 7.86. The molecule has 0 radical (unpaired) electrons. The smallest absolute Gasteiger partial charge is 0.203 e. The Morgan fingerprint density at radius 2 is 1.30 bits per heavy atom. The largest absolute Gasteiger partial charge is 0.310 e. The van der Waals surface area contributed by atoms with E-state index in [-0.39, 0.29) is 22.6 Å². The number of pyridine rings is 1. The molecule has 4 aromatic carbocycles. The summed E-state index contributed by atoms with van der Waals surface area (Å²) in [4.78, 5) is 11.1. The van der Waals surface area contributed by atoms with Gasteiger partial charge in [-0.15, -0.1) is 0 Å². The van der Waals surface area contributed by atoms with Crippen molar-refractivity contribution in [1.82, 2.24) is 4.40 Å². The minimum atomic E-state index is -0.0941. The fourth-order valence-electron chi connectivity index (χ4n) is 5.93. The zero-order chi connectivity index (χ0) is 30.1. The van der Waals surface area contributed by atoms with Gasteiger partial charge in [0.1, 0.15) is 0 Å². The molecule has 0 N–H and O–H groups in total. The van der Waals surface area contributed by atoms with E-state index in [0.29, 0.717) is 10.9 Å². The summed E-state index contributed by atoms with van der Waals surface area (Å²) < 4.78 is 2.02. The lowest BCUT2D eigenvalue weighted by Gasteiger charge is -2.19. The second kappa shape index (κ2) is 10.9. The Hall–Kier alpha value is -6.40. The van der Waals surface area contributed by atoms with E-state index in [1.54, 1.807) is 0 Å². The number of hydrogen-bond acceptors (Lipinski definition) is 1. The summed E-state index contributed by atoms with van der Waals surface area (Å²) in [5.74, 6) is 0. The van der Waals surface area contributed by atoms with Crippen LogP contribution in [0.25, 0.3) is 65.5 Å². The number of aromatic nitrogens is 1. The Balaban J connectivity index is 2.02. The van der Waals surface area contributed by atoms with Crippen LogP contribution in [0.4, 0.5) is 17.1 Å². The average Bonchev–Trinajstić information content (AvgIpc) is 3.47. The van der Waals surface area contributed by atoms with Gasteiger partial charge in [-0.25, -0.2) is 0 Å². The number of benzene rings is 4. The van der Waals surface area contributed by atoms with Crippen molar-refractivity contribution in [3.05, 3.63) is 152 Å². The fraction of sp³-hybridized carbons (Fsp3) is 0.0526. The van der Waals surface area contributed by atoms with Gasteiger partial charge in [-0.05, 0) is 64.1 Å². The van der Waals surface area contributed by atoms with Crippen LogP contribution in [0.3, 0.4) is 0 Å². The van der Waals surface area contributed by atoms with Gasteiger partial charge in [0.25, 0.3) is 0 Å². The first-order valence-electron chi connectivity index (χ1n) is 13.7. The molecule has 2 aromatic heterocycles. The maximum atomic E-state index is 10.6. The fourth-order valence-corrected chi connectivity index (χ4v) is 5.93. The van der Waals surface area contributed by atoms with Crippen molar-refractivity contribution in [2.45, 2.75) is 13.8 Å². The molecular formula is C38H23N5. The van der Waals surface area contributed by atoms with Crippen LogP contribution in [0.15, 0.2) is 91.0 Å². The maximum Gasteiger partial charge on any atom is 0.203 e. The predicted molar refractivity (Wildman–Crippen MR) is 173 cm³/mol. The molecule has 0 aliphatic heterocycles. The molecule has 0 amide bonds. The highest BCUT2D eigenvalue weighted by Crippen LogP contribution is 2.51. The molecule has 200 valence electrons. The zero-order valence-electron chi connectivity index (χ0n) is 23.6. The van der Waals surface area contributed by atoms with Gasteiger partial charge in [-0.1, -0.05) is 91.0 Å². The number of rotatable bonds is 3. The van der Waals surface area contributed by atoms with Gasteiger partial charge in [0.2, 0.25) is 11.4 Å². The van der Waals surface area contributed by atoms with Crippen LogP contribution in [0.2, 0.25) is 0 Å². The molecule has 6 rings (SSSR count). The van der Waals surface area contributed by atoms with Gasteiger partial charge in [0.05, 0.1) is 42.6 Å². The van der Waals surface area contributed by atoms with E-state index in [1.807, 2.05) is 103 Å². The first kappa shape index (κ1) is 26.8. The van der Waals surface area contributed by atoms with E-state index in [4.69, 9.17) is 19.7 Å². The van der Waals surface area contributed by atoms with Crippen LogP contribution < -0.4 is 10.4 Å². The topological polar surface area (TPSA) is 41.3 Å². The number of nitrogens with zero attached hydrogens (tertiary/aromatic N) is 5. The molecule has 0 bridgehead atoms. The lowest BCUT2D eigenvalue weighted by Crippen LogP contribution is -2.23. The van der Waals surface area contributed by atoms with Gasteiger partial charge in [-0.3, -0.25) is 14.5 Å². The summed E-state index contributed by atoms with van der Waals surface area (Å²) in [5.41, 5.74) is 6.70. The van der Waals surface area contributed by atoms with E-state index >= 15 is 0 Å². The van der Waals surface area contributed by atoms with Crippen molar-refractivity contribution in [3.63, 3.8) is 0 Å². The van der Waals surface area contributed by atoms with Gasteiger partial charge < -0.3 is 4.40 Å². The molecule has 0 aliphatic carbocycles. The third-order valence-electron chi connectivity index (χ3n) is 7.86. The van der Waals surface area contributed by atoms with Crippen LogP contribution in [0.5, 0.6) is 0 Å². The molecule has 5 heteroatoms. The Morgan fingerprint density at radius 1 is 0.721 bits per heavy atom. The summed E-state index contributed by atoms with van der Waals surface area (Å²) >= 11 is 0. The van der Waals surface area contributed by atoms with Gasteiger partial charge >= 0.3 is 0 Å². The molecule has 0 saturated carbocycles. The maximum absolute atomic E-state index is 10.6. The average molecular weight is 550 g/mol. The molecule has 5 nitrogen and oxygen atoms in total. The van der Waals surface area contributed by atoms with Crippen molar-refractivity contribution < 1.29 is 0 Å². The van der Waals surface area contributed by atoms with Crippen molar-refractivity contribution in [3.8, 4) is 28.5 Å². The summed E-state index contributed by atoms with van der Waals surface area (Å²) in [7, 11) is 0. The second-order valence-corrected chi connectivity index (χ2v) is 10.1. The highest BCUT2D eigenvalue weighted by molar-refractivity contribution is 6.15. The number of aryl methyl sites for hydroxylation is 1. The Bertz CT molecular complexity index is 2390. The van der Waals surface area contributed by atoms with Gasteiger partial charge in [-0.2, -0.15) is 5.26 Å². The number of fused-ring (bicyclic) bond motifs is 3. The summed E-state index contributed by atoms with van der Waals surface area (Å²) in [6.07, 6.45) is 4.07. The van der Waals surface area contributed by atoms with E-state index in [9.17, 15) is 5.26 Å². The third kappa shape index (κ3) is 4.13. The molecule has 0 unspecified atom stereocenters. The molecule has 0 spiro atoms. The molecule has 0 fully saturated rings. The second-order valence-electron chi connectivity index (χ2n) is 10.1. The van der Waals surface area contributed by atoms with Crippen molar-refractivity contribution in [2.24, 2.45) is 0 Å². The van der Waals surface area contributed by atoms with E-state index in [0.717, 1.165) is 49.5 Å². The van der Waals surface area contributed by atoms with Crippen molar-refractivity contribution >= 4 is 45.6 Å². The summed E-state index contributed by atoms with van der Waals surface area (Å²) in [6.45, 7) is 28.2. The standard InChI is InChI=1S/C38H23N5/c1-6-25-15-13-14-20-28(25)21-29-24(2)37-30(26-16-9-7-10-17-26)22-32(27-18-11-8-12-19-27)43(37)38-31(23-39)34(40-3)36(42-5)35(41-4)33(29)38/h6-22H,1-2H3/b25-6-,28-21-. The Morgan fingerprint density at radius 3 is 1.88 bits per heavy atom. The summed E-state index contributed by atoms with van der Waals surface area (Å²) in [6, 6.07) is 32.3. The number of nitriles is 1. The predicted octanol–water partition coefficient (Wildman–Crippen LogP) is 8.89. The lowest BCUT2D eigenvalue weighted by atomic mass is 9.93. The summed E-state index contributed by atoms with van der Waals surface area (Å²) in [5, 5.41) is 13.1. The van der Waals surface area contributed by atoms with Gasteiger partial charge in [0.15, 0.2) is 5.69 Å². The molecule has 0 saturated heterocycles. The van der Waals surface area contributed by atoms with E-state index in [1.165, 1.54) is 0 Å². The highest BCUT2D eigenvalue weighted by atomic mass is 14.9. The molecule has 0 atom stereocenters. The van der Waals surface area contributed by atoms with Crippen LogP contribution in [0, 0.1) is 38.0 Å². The van der Waals surface area contributed by atoms with Crippen LogP contribution >= 0.6 is 0 Å². The monoisotopic (exact) mass is 549 g/mol. The van der Waals surface area contributed by atoms with E-state index in [2.05, 4.69) is 38.8 Å². The lowest BCUT2D eigenvalue weighted by molar-refractivity contribution is 1.24.